The maximum absolute atomic E-state index is 14.2. The van der Waals surface area contributed by atoms with Gasteiger partial charge < -0.3 is 69.3 Å². The monoisotopic (exact) mass is 1040 g/mol. The standard InChI is InChI=1S/C49H74N10O13S/c1-8-28(6)41(49(71)72)59-48(70)40(27(4)5)58-47(69)35(22-30-14-16-31(61)17-15-30)53-39(63)24-52-43(65)33(18-19-73-7)54-45(67)36(21-29-12-10-9-11-13-29)56-46(68)37(23-38(51)62)57-44(66)34(20-26(2)3)55-42(64)32(50)25-60/h9-17,26-28,32-37,40-41,60-61H,8,18-25,50H2,1-7H3,(H2,51,62)(H,52,65)(H,53,63)(H,54,67)(H,55,64)(H,56,68)(H,57,66)(H,58,69)(H,59,70)(H,71,72)/t28-,32-,33-,34-,35-,36-,37-,40-,41-/m0/s1. The maximum Gasteiger partial charge on any atom is 0.326 e. The van der Waals surface area contributed by atoms with Gasteiger partial charge in [-0.3, -0.25) is 43.2 Å². The molecular formula is C49H74N10O13S. The minimum atomic E-state index is -1.64. The Bertz CT molecular complexity index is 2180. The van der Waals surface area contributed by atoms with Gasteiger partial charge in [0.25, 0.3) is 0 Å². The maximum atomic E-state index is 14.2. The van der Waals surface area contributed by atoms with Gasteiger partial charge in [0.15, 0.2) is 0 Å². The first-order valence-corrected chi connectivity index (χ1v) is 25.4. The normalized spacial score (nSPS) is 14.8. The molecule has 0 fully saturated rings. The van der Waals surface area contributed by atoms with E-state index in [0.29, 0.717) is 23.3 Å². The van der Waals surface area contributed by atoms with Crippen LogP contribution in [0.15, 0.2) is 54.6 Å². The summed E-state index contributed by atoms with van der Waals surface area (Å²) in [6.45, 7) is 8.85. The van der Waals surface area contributed by atoms with Gasteiger partial charge in [0.05, 0.1) is 19.6 Å². The number of thioether (sulfide) groups is 1. The van der Waals surface area contributed by atoms with Gasteiger partial charge in [0, 0.05) is 12.8 Å². The van der Waals surface area contributed by atoms with Gasteiger partial charge in [-0.1, -0.05) is 90.4 Å². The topological polar surface area (TPSA) is 380 Å². The Labute approximate surface area is 429 Å². The van der Waals surface area contributed by atoms with Crippen LogP contribution in [0.1, 0.15) is 78.4 Å². The van der Waals surface area contributed by atoms with Crippen LogP contribution in [0.4, 0.5) is 0 Å². The Kier molecular flexibility index (Phi) is 27.0. The molecule has 404 valence electrons. The molecule has 0 heterocycles. The molecule has 73 heavy (non-hydrogen) atoms. The summed E-state index contributed by atoms with van der Waals surface area (Å²) in [5, 5.41) is 49.2. The van der Waals surface area contributed by atoms with E-state index in [4.69, 9.17) is 11.5 Å². The molecule has 2 aromatic rings. The highest BCUT2D eigenvalue weighted by molar-refractivity contribution is 7.98. The number of benzene rings is 2. The number of aliphatic hydroxyl groups is 1. The van der Waals surface area contributed by atoms with E-state index in [9.17, 15) is 63.3 Å². The van der Waals surface area contributed by atoms with Crippen LogP contribution in [0.3, 0.4) is 0 Å². The number of carbonyl (C=O) groups excluding carboxylic acids is 9. The lowest BCUT2D eigenvalue weighted by molar-refractivity contribution is -0.144. The number of aromatic hydroxyl groups is 1. The van der Waals surface area contributed by atoms with Gasteiger partial charge in [0.2, 0.25) is 53.2 Å². The highest BCUT2D eigenvalue weighted by Crippen LogP contribution is 2.15. The predicted molar refractivity (Wildman–Crippen MR) is 272 cm³/mol. The second kappa shape index (κ2) is 31.6. The lowest BCUT2D eigenvalue weighted by Crippen LogP contribution is -2.60. The molecule has 0 aromatic heterocycles. The summed E-state index contributed by atoms with van der Waals surface area (Å²) < 4.78 is 0. The smallest absolute Gasteiger partial charge is 0.326 e. The van der Waals surface area contributed by atoms with E-state index >= 15 is 0 Å². The van der Waals surface area contributed by atoms with Gasteiger partial charge in [-0.2, -0.15) is 11.8 Å². The molecule has 0 aliphatic rings. The van der Waals surface area contributed by atoms with Gasteiger partial charge in [-0.15, -0.1) is 0 Å². The van der Waals surface area contributed by atoms with Crippen molar-refractivity contribution in [3.63, 3.8) is 0 Å². The van der Waals surface area contributed by atoms with Crippen molar-refractivity contribution >= 4 is 70.9 Å². The van der Waals surface area contributed by atoms with Gasteiger partial charge in [-0.05, 0) is 65.9 Å². The fraction of sp³-hybridized carbons (Fsp3) is 0.551. The summed E-state index contributed by atoms with van der Waals surface area (Å²) in [7, 11) is 0. The Morgan fingerprint density at radius 2 is 1.12 bits per heavy atom. The number of phenols is 1. The molecule has 0 aliphatic heterocycles. The van der Waals surface area contributed by atoms with E-state index in [1.54, 1.807) is 78.1 Å². The van der Waals surface area contributed by atoms with Gasteiger partial charge in [-0.25, -0.2) is 4.79 Å². The summed E-state index contributed by atoms with van der Waals surface area (Å²) in [4.78, 5) is 133. The molecule has 0 unspecified atom stereocenters. The highest BCUT2D eigenvalue weighted by atomic mass is 32.2. The van der Waals surface area contributed by atoms with E-state index in [1.807, 2.05) is 0 Å². The number of carbonyl (C=O) groups is 10. The number of nitrogens with two attached hydrogens (primary N) is 2. The number of hydrogen-bond acceptors (Lipinski definition) is 14. The summed E-state index contributed by atoms with van der Waals surface area (Å²) in [5.41, 5.74) is 12.2. The highest BCUT2D eigenvalue weighted by Gasteiger charge is 2.35. The van der Waals surface area contributed by atoms with E-state index < -0.39 is 139 Å². The lowest BCUT2D eigenvalue weighted by atomic mass is 9.97. The number of rotatable bonds is 32. The molecule has 9 atom stereocenters. The van der Waals surface area contributed by atoms with Gasteiger partial charge in [0.1, 0.15) is 54.1 Å². The zero-order valence-corrected chi connectivity index (χ0v) is 43.2. The second-order valence-electron chi connectivity index (χ2n) is 18.5. The fourth-order valence-electron chi connectivity index (χ4n) is 7.18. The van der Waals surface area contributed by atoms with Crippen LogP contribution in [0.5, 0.6) is 5.75 Å². The van der Waals surface area contributed by atoms with Crippen LogP contribution < -0.4 is 54.0 Å². The molecular weight excluding hydrogens is 969 g/mol. The first kappa shape index (κ1) is 62.3. The quantitative estimate of drug-likeness (QED) is 0.0395. The first-order valence-electron chi connectivity index (χ1n) is 24.0. The van der Waals surface area contributed by atoms with E-state index in [-0.39, 0.29) is 37.4 Å². The number of nitrogens with one attached hydrogen (secondary N) is 8. The minimum Gasteiger partial charge on any atom is -0.508 e. The number of primary amides is 1. The summed E-state index contributed by atoms with van der Waals surface area (Å²) in [6.07, 6.45) is 1.34. The van der Waals surface area contributed by atoms with Crippen LogP contribution >= 0.6 is 11.8 Å². The fourth-order valence-corrected chi connectivity index (χ4v) is 7.65. The van der Waals surface area contributed by atoms with Crippen molar-refractivity contribution in [3.05, 3.63) is 65.7 Å². The Morgan fingerprint density at radius 3 is 1.66 bits per heavy atom. The second-order valence-corrected chi connectivity index (χ2v) is 19.4. The number of amides is 9. The summed E-state index contributed by atoms with van der Waals surface area (Å²) in [5.74, 6) is -9.88. The number of carboxylic acid groups (broad SMARTS) is 1. The Morgan fingerprint density at radius 1 is 0.616 bits per heavy atom. The number of aliphatic hydroxyl groups excluding tert-OH is 1. The van der Waals surface area contributed by atoms with E-state index in [2.05, 4.69) is 42.5 Å². The minimum absolute atomic E-state index is 0.0416. The lowest BCUT2D eigenvalue weighted by Gasteiger charge is -2.28. The Hall–Kier alpha value is -6.79. The molecule has 0 spiro atoms. The van der Waals surface area contributed by atoms with Crippen molar-refractivity contribution in [1.29, 1.82) is 0 Å². The third-order valence-corrected chi connectivity index (χ3v) is 12.2. The van der Waals surface area contributed by atoms with Crippen molar-refractivity contribution < 1.29 is 63.3 Å². The Balaban J connectivity index is 2.37. The zero-order chi connectivity index (χ0) is 54.9. The third-order valence-electron chi connectivity index (χ3n) is 11.5. The number of phenolic OH excluding ortho intramolecular Hbond substituents is 1. The number of carboxylic acids is 1. The molecule has 0 saturated heterocycles. The number of aliphatic carboxylic acids is 1. The molecule has 2 rings (SSSR count). The van der Waals surface area contributed by atoms with Crippen LogP contribution in [0.25, 0.3) is 0 Å². The molecule has 0 radical (unpaired) electrons. The molecule has 0 saturated carbocycles. The van der Waals surface area contributed by atoms with E-state index in [1.165, 1.54) is 36.0 Å². The van der Waals surface area contributed by atoms with Crippen LogP contribution in [-0.4, -0.2) is 148 Å². The SMILES string of the molecule is CC[C@H](C)[C@H](NC(=O)[C@@H](NC(=O)[C@H](Cc1ccc(O)cc1)NC(=O)CNC(=O)[C@H](CCSC)NC(=O)[C@H](Cc1ccccc1)NC(=O)[C@H](CC(N)=O)NC(=O)[C@H](CC(C)C)NC(=O)[C@@H](N)CO)C(C)C)C(=O)O. The van der Waals surface area contributed by atoms with Crippen LogP contribution in [0.2, 0.25) is 0 Å². The molecule has 15 N–H and O–H groups in total. The van der Waals surface area contributed by atoms with Crippen molar-refractivity contribution in [3.8, 4) is 5.75 Å². The average Bonchev–Trinajstić information content (AvgIpc) is 3.34. The zero-order valence-electron chi connectivity index (χ0n) is 42.4. The third kappa shape index (κ3) is 22.3. The number of hydrogen-bond donors (Lipinski definition) is 13. The molecule has 0 bridgehead atoms. The van der Waals surface area contributed by atoms with Crippen molar-refractivity contribution in [2.45, 2.75) is 128 Å². The largest absolute Gasteiger partial charge is 0.508 e. The predicted octanol–water partition coefficient (Wildman–Crippen LogP) is -1.53. The molecule has 0 aliphatic carbocycles. The summed E-state index contributed by atoms with van der Waals surface area (Å²) >= 11 is 1.35. The van der Waals surface area contributed by atoms with Crippen LogP contribution in [0, 0.1) is 17.8 Å². The van der Waals surface area contributed by atoms with Crippen molar-refractivity contribution in [2.24, 2.45) is 29.2 Å². The van der Waals surface area contributed by atoms with Crippen molar-refractivity contribution in [1.82, 2.24) is 42.5 Å². The summed E-state index contributed by atoms with van der Waals surface area (Å²) in [6, 6.07) is 3.49. The molecule has 2 aromatic carbocycles. The van der Waals surface area contributed by atoms with Gasteiger partial charge >= 0.3 is 5.97 Å². The molecule has 24 heteroatoms. The first-order chi connectivity index (χ1) is 34.4. The van der Waals surface area contributed by atoms with Crippen molar-refractivity contribution in [2.75, 3.05) is 25.2 Å². The average molecular weight is 1040 g/mol. The van der Waals surface area contributed by atoms with E-state index in [0.717, 1.165) is 0 Å². The molecule has 9 amide bonds. The van der Waals surface area contributed by atoms with Crippen LogP contribution in [-0.2, 0) is 60.8 Å². The molecule has 23 nitrogen and oxygen atoms in total.